The highest BCUT2D eigenvalue weighted by Crippen LogP contribution is 2.40. The molecule has 1 unspecified atom stereocenters. The molecule has 0 amide bonds. The van der Waals surface area contributed by atoms with E-state index in [1.165, 1.54) is 44.8 Å². The first-order valence-corrected chi connectivity index (χ1v) is 18.8. The highest BCUT2D eigenvalue weighted by molar-refractivity contribution is 5.92. The monoisotopic (exact) mass is 696 g/mol. The molecule has 0 radical (unpaired) electrons. The van der Waals surface area contributed by atoms with Crippen LogP contribution in [0.1, 0.15) is 18.9 Å². The predicted molar refractivity (Wildman–Crippen MR) is 226 cm³/mol. The maximum Gasteiger partial charge on any atom is 0.227 e. The smallest absolute Gasteiger partial charge is 0.227 e. The van der Waals surface area contributed by atoms with Crippen LogP contribution >= 0.6 is 0 Å². The van der Waals surface area contributed by atoms with E-state index in [0.29, 0.717) is 5.89 Å². The highest BCUT2D eigenvalue weighted by Gasteiger charge is 2.20. The van der Waals surface area contributed by atoms with Gasteiger partial charge in [0.15, 0.2) is 5.58 Å². The first-order valence-electron chi connectivity index (χ1n) is 18.8. The number of rotatable bonds is 9. The van der Waals surface area contributed by atoms with Gasteiger partial charge >= 0.3 is 0 Å². The number of nitrogens with zero attached hydrogens (tertiary/aromatic N) is 2. The van der Waals surface area contributed by atoms with E-state index in [2.05, 4.69) is 200 Å². The molecule has 1 heterocycles. The number of oxazole rings is 1. The number of aryl methyl sites for hydroxylation is 1. The van der Waals surface area contributed by atoms with E-state index in [1.54, 1.807) is 0 Å². The second-order valence-corrected chi connectivity index (χ2v) is 13.8. The Morgan fingerprint density at radius 2 is 1.09 bits per heavy atom. The molecule has 9 rings (SSSR count). The van der Waals surface area contributed by atoms with Crippen LogP contribution in [-0.4, -0.2) is 11.0 Å². The Morgan fingerprint density at radius 3 is 1.70 bits per heavy atom. The standard InChI is InChI=1S/C51H40N2O/c1-2-36-34-41(37-16-6-3-7-17-37)35-49-50(36)54-51(52-49)40-28-26-38(27-29-40)45-22-12-14-24-47(45)48-25-15-13-23-46(48)39-30-32-44(33-31-39)53(42-18-8-4-9-19-42)43-20-10-5-11-21-43/h3-20,22-35,43H,2,21H2,1H3. The van der Waals surface area contributed by atoms with E-state index < -0.39 is 0 Å². The molecule has 3 heteroatoms. The largest absolute Gasteiger partial charge is 0.436 e. The Kier molecular flexibility index (Phi) is 9.04. The first kappa shape index (κ1) is 33.1. The quantitative estimate of drug-likeness (QED) is 0.150. The van der Waals surface area contributed by atoms with Gasteiger partial charge in [-0.2, -0.15) is 0 Å². The van der Waals surface area contributed by atoms with Gasteiger partial charge in [0, 0.05) is 16.9 Å². The van der Waals surface area contributed by atoms with Crippen LogP contribution in [0.25, 0.3) is 67.1 Å². The molecule has 7 aromatic carbocycles. The summed E-state index contributed by atoms with van der Waals surface area (Å²) in [5, 5.41) is 0. The molecule has 260 valence electrons. The summed E-state index contributed by atoms with van der Waals surface area (Å²) >= 11 is 0. The van der Waals surface area contributed by atoms with Crippen LogP contribution in [-0.2, 0) is 6.42 Å². The SMILES string of the molecule is CCc1cc(-c2ccccc2)cc2nc(-c3ccc(-c4ccccc4-c4ccccc4-c4ccc(N(c5ccccc5)C5C=CC=CC5)cc4)cc3)oc12. The Labute approximate surface area is 317 Å². The molecule has 0 bridgehead atoms. The van der Waals surface area contributed by atoms with E-state index in [0.717, 1.165) is 46.2 Å². The van der Waals surface area contributed by atoms with Gasteiger partial charge < -0.3 is 9.32 Å². The van der Waals surface area contributed by atoms with E-state index in [4.69, 9.17) is 9.40 Å². The Morgan fingerprint density at radius 1 is 0.537 bits per heavy atom. The maximum atomic E-state index is 6.43. The molecule has 0 saturated carbocycles. The molecule has 0 N–H and O–H groups in total. The summed E-state index contributed by atoms with van der Waals surface area (Å²) < 4.78 is 6.43. The summed E-state index contributed by atoms with van der Waals surface area (Å²) in [4.78, 5) is 7.41. The Hall–Kier alpha value is -6.71. The second-order valence-electron chi connectivity index (χ2n) is 13.8. The van der Waals surface area contributed by atoms with Crippen LogP contribution in [0.15, 0.2) is 199 Å². The zero-order valence-electron chi connectivity index (χ0n) is 30.3. The third-order valence-corrected chi connectivity index (χ3v) is 10.4. The number of hydrogen-bond acceptors (Lipinski definition) is 3. The maximum absolute atomic E-state index is 6.43. The number of aromatic nitrogens is 1. The van der Waals surface area contributed by atoms with Crippen LogP contribution in [0, 0.1) is 0 Å². The summed E-state index contributed by atoms with van der Waals surface area (Å²) in [5.74, 6) is 0.639. The summed E-state index contributed by atoms with van der Waals surface area (Å²) in [7, 11) is 0. The summed E-state index contributed by atoms with van der Waals surface area (Å²) in [5.41, 5.74) is 15.7. The number of benzene rings is 7. The van der Waals surface area contributed by atoms with Crippen molar-refractivity contribution in [3.63, 3.8) is 0 Å². The molecule has 0 fully saturated rings. The average Bonchev–Trinajstić information content (AvgIpc) is 3.70. The number of para-hydroxylation sites is 1. The zero-order valence-corrected chi connectivity index (χ0v) is 30.3. The Balaban J connectivity index is 1.03. The van der Waals surface area contributed by atoms with Gasteiger partial charge in [0.2, 0.25) is 5.89 Å². The number of anilines is 2. The summed E-state index contributed by atoms with van der Waals surface area (Å²) in [6.07, 6.45) is 10.7. The lowest BCUT2D eigenvalue weighted by molar-refractivity contribution is 0.616. The van der Waals surface area contributed by atoms with Crippen molar-refractivity contribution < 1.29 is 4.42 Å². The van der Waals surface area contributed by atoms with Crippen LogP contribution in [0.5, 0.6) is 0 Å². The van der Waals surface area contributed by atoms with Crippen molar-refractivity contribution in [3.8, 4) is 56.0 Å². The van der Waals surface area contributed by atoms with Crippen LogP contribution in [0.3, 0.4) is 0 Å². The highest BCUT2D eigenvalue weighted by atomic mass is 16.3. The fourth-order valence-corrected chi connectivity index (χ4v) is 7.70. The molecule has 0 aliphatic heterocycles. The molecule has 1 aliphatic carbocycles. The van der Waals surface area contributed by atoms with Crippen molar-refractivity contribution in [2.75, 3.05) is 4.90 Å². The van der Waals surface area contributed by atoms with Gasteiger partial charge in [0.1, 0.15) is 5.52 Å². The third kappa shape index (κ3) is 6.46. The van der Waals surface area contributed by atoms with Gasteiger partial charge in [-0.3, -0.25) is 0 Å². The lowest BCUT2D eigenvalue weighted by Gasteiger charge is -2.32. The van der Waals surface area contributed by atoms with Crippen LogP contribution in [0.2, 0.25) is 0 Å². The van der Waals surface area contributed by atoms with Gasteiger partial charge in [-0.1, -0.05) is 153 Å². The molecule has 1 atom stereocenters. The molecular formula is C51H40N2O. The minimum absolute atomic E-state index is 0.262. The van der Waals surface area contributed by atoms with Crippen molar-refractivity contribution in [2.24, 2.45) is 0 Å². The number of allylic oxidation sites excluding steroid dienone is 2. The van der Waals surface area contributed by atoms with Gasteiger partial charge in [0.25, 0.3) is 0 Å². The second kappa shape index (κ2) is 14.7. The molecular weight excluding hydrogens is 657 g/mol. The van der Waals surface area contributed by atoms with Gasteiger partial charge in [-0.15, -0.1) is 0 Å². The topological polar surface area (TPSA) is 29.3 Å². The molecule has 1 aliphatic rings. The van der Waals surface area contributed by atoms with E-state index in [1.807, 2.05) is 6.07 Å². The average molecular weight is 697 g/mol. The number of hydrogen-bond donors (Lipinski definition) is 0. The van der Waals surface area contributed by atoms with Crippen molar-refractivity contribution >= 4 is 22.5 Å². The van der Waals surface area contributed by atoms with E-state index in [-0.39, 0.29) is 6.04 Å². The van der Waals surface area contributed by atoms with E-state index in [9.17, 15) is 0 Å². The first-order chi connectivity index (χ1) is 26.7. The van der Waals surface area contributed by atoms with E-state index >= 15 is 0 Å². The Bertz CT molecular complexity index is 2600. The molecule has 0 spiro atoms. The molecule has 54 heavy (non-hydrogen) atoms. The van der Waals surface area contributed by atoms with Gasteiger partial charge in [-0.25, -0.2) is 4.98 Å². The van der Waals surface area contributed by atoms with Crippen molar-refractivity contribution in [1.82, 2.24) is 4.98 Å². The lowest BCUT2D eigenvalue weighted by Crippen LogP contribution is -2.29. The molecule has 0 saturated heterocycles. The minimum Gasteiger partial charge on any atom is -0.436 e. The summed E-state index contributed by atoms with van der Waals surface area (Å²) in [6, 6.07) is 60.9. The van der Waals surface area contributed by atoms with Crippen molar-refractivity contribution in [2.45, 2.75) is 25.8 Å². The predicted octanol–water partition coefficient (Wildman–Crippen LogP) is 13.7. The fraction of sp³-hybridized carbons (Fsp3) is 0.0784. The van der Waals surface area contributed by atoms with Crippen molar-refractivity contribution in [3.05, 3.63) is 200 Å². The number of fused-ring (bicyclic) bond motifs is 1. The normalized spacial score (nSPS) is 13.7. The minimum atomic E-state index is 0.262. The zero-order chi connectivity index (χ0) is 36.3. The summed E-state index contributed by atoms with van der Waals surface area (Å²) in [6.45, 7) is 2.17. The van der Waals surface area contributed by atoms with Crippen LogP contribution in [0.4, 0.5) is 11.4 Å². The third-order valence-electron chi connectivity index (χ3n) is 10.4. The molecule has 3 nitrogen and oxygen atoms in total. The van der Waals surface area contributed by atoms with Crippen molar-refractivity contribution in [1.29, 1.82) is 0 Å². The van der Waals surface area contributed by atoms with Crippen LogP contribution < -0.4 is 4.90 Å². The van der Waals surface area contributed by atoms with Gasteiger partial charge in [-0.05, 0) is 111 Å². The lowest BCUT2D eigenvalue weighted by atomic mass is 9.89. The fourth-order valence-electron chi connectivity index (χ4n) is 7.70. The molecule has 8 aromatic rings. The molecule has 1 aromatic heterocycles. The van der Waals surface area contributed by atoms with Gasteiger partial charge in [0.05, 0.1) is 6.04 Å².